The summed E-state index contributed by atoms with van der Waals surface area (Å²) in [6.45, 7) is 6.44. The lowest BCUT2D eigenvalue weighted by Crippen LogP contribution is -2.42. The van der Waals surface area contributed by atoms with E-state index in [-0.39, 0.29) is 18.2 Å². The average molecular weight is 529 g/mol. The minimum absolute atomic E-state index is 0.115. The minimum Gasteiger partial charge on any atom is -0.393 e. The smallest absolute Gasteiger partial charge is 0.216 e. The molecule has 4 heterocycles. The number of rotatable bonds is 7. The van der Waals surface area contributed by atoms with Crippen LogP contribution < -0.4 is 11.1 Å². The van der Waals surface area contributed by atoms with Crippen LogP contribution in [0.5, 0.6) is 0 Å². The fourth-order valence-electron chi connectivity index (χ4n) is 5.28. The highest BCUT2D eigenvalue weighted by Gasteiger charge is 2.31. The molecule has 37 heavy (non-hydrogen) atoms. The van der Waals surface area contributed by atoms with E-state index < -0.39 is 15.3 Å². The lowest BCUT2D eigenvalue weighted by atomic mass is 10.1. The fraction of sp³-hybridized carbons (Fsp3) is 0.600. The van der Waals surface area contributed by atoms with E-state index in [1.54, 1.807) is 30.5 Å². The summed E-state index contributed by atoms with van der Waals surface area (Å²) in [6.07, 6.45) is 9.65. The molecule has 11 nitrogen and oxygen atoms in total. The van der Waals surface area contributed by atoms with Crippen LogP contribution in [0.15, 0.2) is 18.6 Å². The molecule has 0 radical (unpaired) electrons. The molecule has 0 bridgehead atoms. The van der Waals surface area contributed by atoms with Crippen molar-refractivity contribution in [3.05, 3.63) is 24.3 Å². The summed E-state index contributed by atoms with van der Waals surface area (Å²) >= 11 is 0. The Labute approximate surface area is 217 Å². The molecule has 2 fully saturated rings. The Hall–Kier alpha value is -2.83. The first-order valence-electron chi connectivity index (χ1n) is 13.1. The number of nitrogens with zero attached hydrogens (tertiary/aromatic N) is 6. The zero-order valence-corrected chi connectivity index (χ0v) is 22.4. The molecule has 5 rings (SSSR count). The maximum absolute atomic E-state index is 12.5. The number of hydrogen-bond acceptors (Lipinski definition) is 9. The number of pyridine rings is 1. The first-order valence-corrected chi connectivity index (χ1v) is 14.6. The summed E-state index contributed by atoms with van der Waals surface area (Å²) in [5, 5.41) is 17.6. The normalized spacial score (nSPS) is 21.8. The first-order chi connectivity index (χ1) is 17.7. The second-order valence-electron chi connectivity index (χ2n) is 10.4. The van der Waals surface area contributed by atoms with E-state index in [9.17, 15) is 13.5 Å². The highest BCUT2D eigenvalue weighted by atomic mass is 32.2. The number of sulfonamides is 1. The van der Waals surface area contributed by atoms with Crippen molar-refractivity contribution < 1.29 is 13.5 Å². The molecule has 3 aromatic heterocycles. The van der Waals surface area contributed by atoms with Crippen molar-refractivity contribution in [2.75, 3.05) is 24.1 Å². The SMILES string of the molecule is CCc1nc2c(N)ncc(-c3cnn(C4CCN(S(=O)(=O)C(C)C)CC4)c3)c2nc1N[C@@H]1CC[C@H](O)C1. The molecule has 1 saturated heterocycles. The molecule has 0 aromatic carbocycles. The Balaban J connectivity index is 1.43. The van der Waals surface area contributed by atoms with E-state index in [1.165, 1.54) is 0 Å². The number of nitrogens with one attached hydrogen (secondary N) is 1. The Morgan fingerprint density at radius 3 is 2.54 bits per heavy atom. The van der Waals surface area contributed by atoms with Gasteiger partial charge in [-0.15, -0.1) is 0 Å². The monoisotopic (exact) mass is 528 g/mol. The molecule has 3 aromatic rings. The van der Waals surface area contributed by atoms with Crippen LogP contribution in [-0.4, -0.2) is 73.0 Å². The summed E-state index contributed by atoms with van der Waals surface area (Å²) in [5.41, 5.74) is 9.89. The number of aliphatic hydroxyl groups is 1. The Morgan fingerprint density at radius 2 is 1.89 bits per heavy atom. The van der Waals surface area contributed by atoms with E-state index in [0.29, 0.717) is 61.4 Å². The van der Waals surface area contributed by atoms with Crippen LogP contribution in [0.4, 0.5) is 11.6 Å². The zero-order valence-electron chi connectivity index (χ0n) is 21.6. The molecule has 0 unspecified atom stereocenters. The molecule has 1 aliphatic carbocycles. The van der Waals surface area contributed by atoms with Crippen molar-refractivity contribution in [2.24, 2.45) is 0 Å². The third-order valence-electron chi connectivity index (χ3n) is 7.54. The van der Waals surface area contributed by atoms with Crippen molar-refractivity contribution in [1.29, 1.82) is 0 Å². The van der Waals surface area contributed by atoms with Gasteiger partial charge in [-0.25, -0.2) is 27.7 Å². The van der Waals surface area contributed by atoms with Gasteiger partial charge in [0.25, 0.3) is 0 Å². The van der Waals surface area contributed by atoms with Crippen LogP contribution in [0.3, 0.4) is 0 Å². The number of aromatic nitrogens is 5. The number of piperidine rings is 1. The maximum atomic E-state index is 12.5. The molecular weight excluding hydrogens is 492 g/mol. The van der Waals surface area contributed by atoms with Gasteiger partial charge in [-0.05, 0) is 52.4 Å². The predicted molar refractivity (Wildman–Crippen MR) is 144 cm³/mol. The number of nitrogen functional groups attached to an aromatic ring is 1. The summed E-state index contributed by atoms with van der Waals surface area (Å²) in [4.78, 5) is 14.2. The molecule has 200 valence electrons. The second kappa shape index (κ2) is 10.1. The number of nitrogens with two attached hydrogens (primary N) is 1. The topological polar surface area (TPSA) is 152 Å². The zero-order chi connectivity index (χ0) is 26.3. The standard InChI is InChI=1S/C25H36N8O3S/c1-4-21-25(29-17-5-6-19(34)11-17)31-22-20(13-27-24(26)23(22)30-21)16-12-28-33(14-16)18-7-9-32(10-8-18)37(35,36)15(2)3/h12-15,17-19,34H,4-11H2,1-3H3,(H2,26,27)(H,29,31)/t17-,19+/m1/s1. The van der Waals surface area contributed by atoms with Gasteiger partial charge in [0.2, 0.25) is 10.0 Å². The van der Waals surface area contributed by atoms with Crippen molar-refractivity contribution in [3.63, 3.8) is 0 Å². The van der Waals surface area contributed by atoms with E-state index in [1.807, 2.05) is 17.8 Å². The minimum atomic E-state index is -3.25. The van der Waals surface area contributed by atoms with E-state index in [4.69, 9.17) is 15.7 Å². The fourth-order valence-corrected chi connectivity index (χ4v) is 6.60. The Morgan fingerprint density at radius 1 is 1.14 bits per heavy atom. The van der Waals surface area contributed by atoms with Crippen LogP contribution in [0.1, 0.15) is 64.6 Å². The third-order valence-corrected chi connectivity index (χ3v) is 9.82. The predicted octanol–water partition coefficient (Wildman–Crippen LogP) is 2.73. The van der Waals surface area contributed by atoms with Crippen LogP contribution in [-0.2, 0) is 16.4 Å². The summed E-state index contributed by atoms with van der Waals surface area (Å²) < 4.78 is 28.6. The molecular formula is C25H36N8O3S. The van der Waals surface area contributed by atoms with Crippen LogP contribution in [0, 0.1) is 0 Å². The molecule has 4 N–H and O–H groups in total. The molecule has 1 aliphatic heterocycles. The lowest BCUT2D eigenvalue weighted by Gasteiger charge is -2.32. The number of hydrogen-bond donors (Lipinski definition) is 3. The quantitative estimate of drug-likeness (QED) is 0.420. The van der Waals surface area contributed by atoms with Crippen LogP contribution in [0.2, 0.25) is 0 Å². The number of aryl methyl sites for hydroxylation is 1. The average Bonchev–Trinajstić information content (AvgIpc) is 3.53. The van der Waals surface area contributed by atoms with Gasteiger partial charge in [0.15, 0.2) is 5.82 Å². The Kier molecular flexibility index (Phi) is 7.08. The van der Waals surface area contributed by atoms with E-state index >= 15 is 0 Å². The molecule has 0 spiro atoms. The van der Waals surface area contributed by atoms with E-state index in [2.05, 4.69) is 15.4 Å². The molecule has 2 aliphatic rings. The molecule has 12 heteroatoms. The highest BCUT2D eigenvalue weighted by Crippen LogP contribution is 2.33. The highest BCUT2D eigenvalue weighted by molar-refractivity contribution is 7.89. The number of aliphatic hydroxyl groups excluding tert-OH is 1. The van der Waals surface area contributed by atoms with Crippen molar-refractivity contribution in [2.45, 2.75) is 82.7 Å². The second-order valence-corrected chi connectivity index (χ2v) is 12.9. The summed E-state index contributed by atoms with van der Waals surface area (Å²) in [6, 6.07) is 0.270. The number of anilines is 2. The summed E-state index contributed by atoms with van der Waals surface area (Å²) in [5.74, 6) is 1.04. The van der Waals surface area contributed by atoms with Crippen LogP contribution >= 0.6 is 0 Å². The van der Waals surface area contributed by atoms with Gasteiger partial charge in [-0.3, -0.25) is 4.68 Å². The molecule has 0 amide bonds. The molecule has 2 atom stereocenters. The summed E-state index contributed by atoms with van der Waals surface area (Å²) in [7, 11) is -3.25. The Bertz CT molecular complexity index is 1380. The largest absolute Gasteiger partial charge is 0.393 e. The number of fused-ring (bicyclic) bond motifs is 1. The van der Waals surface area contributed by atoms with Gasteiger partial charge in [0.05, 0.1) is 29.3 Å². The lowest BCUT2D eigenvalue weighted by molar-refractivity contribution is 0.182. The van der Waals surface area contributed by atoms with Gasteiger partial charge in [0, 0.05) is 42.7 Å². The van der Waals surface area contributed by atoms with Gasteiger partial charge in [-0.1, -0.05) is 6.92 Å². The van der Waals surface area contributed by atoms with Crippen molar-refractivity contribution >= 4 is 32.7 Å². The first kappa shape index (κ1) is 25.8. The van der Waals surface area contributed by atoms with E-state index in [0.717, 1.165) is 29.7 Å². The maximum Gasteiger partial charge on any atom is 0.216 e. The van der Waals surface area contributed by atoms with Crippen molar-refractivity contribution in [1.82, 2.24) is 29.0 Å². The van der Waals surface area contributed by atoms with Gasteiger partial charge < -0.3 is 16.2 Å². The van der Waals surface area contributed by atoms with Crippen molar-refractivity contribution in [3.8, 4) is 11.1 Å². The van der Waals surface area contributed by atoms with Gasteiger partial charge in [0.1, 0.15) is 16.9 Å². The third kappa shape index (κ3) is 5.01. The molecule has 1 saturated carbocycles. The van der Waals surface area contributed by atoms with Gasteiger partial charge >= 0.3 is 0 Å². The van der Waals surface area contributed by atoms with Gasteiger partial charge in [-0.2, -0.15) is 5.10 Å². The van der Waals surface area contributed by atoms with Crippen LogP contribution in [0.25, 0.3) is 22.2 Å².